The summed E-state index contributed by atoms with van der Waals surface area (Å²) in [7, 11) is 0. The zero-order chi connectivity index (χ0) is 16.3. The Morgan fingerprint density at radius 3 is 2.61 bits per heavy atom. The van der Waals surface area contributed by atoms with E-state index in [0.717, 1.165) is 32.0 Å². The molecule has 1 aliphatic heterocycles. The van der Waals surface area contributed by atoms with Gasteiger partial charge in [0.1, 0.15) is 5.69 Å². The van der Waals surface area contributed by atoms with Gasteiger partial charge in [-0.1, -0.05) is 6.92 Å². The lowest BCUT2D eigenvalue weighted by molar-refractivity contribution is -0.141. The van der Waals surface area contributed by atoms with Crippen LogP contribution >= 0.6 is 12.4 Å². The van der Waals surface area contributed by atoms with Gasteiger partial charge in [-0.05, 0) is 38.4 Å². The van der Waals surface area contributed by atoms with Gasteiger partial charge >= 0.3 is 6.18 Å². The third-order valence-electron chi connectivity index (χ3n) is 3.81. The molecule has 1 aromatic rings. The fraction of sp³-hybridized carbons (Fsp3) is 0.600. The number of nitrogens with one attached hydrogen (secondary N) is 1. The third kappa shape index (κ3) is 4.57. The lowest BCUT2D eigenvalue weighted by Crippen LogP contribution is -2.42. The first kappa shape index (κ1) is 19.7. The normalized spacial score (nSPS) is 17.7. The molecule has 0 radical (unpaired) electrons. The SMILES string of the molecule is CCCN(C(=O)c1ccc(C(F)(F)F)nc1C)C1CCNC1.Cl. The van der Waals surface area contributed by atoms with Gasteiger partial charge in [-0.25, -0.2) is 4.98 Å². The number of aromatic nitrogens is 1. The van der Waals surface area contributed by atoms with E-state index in [2.05, 4.69) is 10.3 Å². The van der Waals surface area contributed by atoms with Gasteiger partial charge in [0.15, 0.2) is 0 Å². The van der Waals surface area contributed by atoms with E-state index in [1.807, 2.05) is 6.92 Å². The largest absolute Gasteiger partial charge is 0.433 e. The lowest BCUT2D eigenvalue weighted by atomic mass is 10.1. The number of aryl methyl sites for hydroxylation is 1. The quantitative estimate of drug-likeness (QED) is 0.907. The molecule has 0 aromatic carbocycles. The summed E-state index contributed by atoms with van der Waals surface area (Å²) in [4.78, 5) is 18.0. The highest BCUT2D eigenvalue weighted by Gasteiger charge is 2.34. The molecule has 130 valence electrons. The second-order valence-corrected chi connectivity index (χ2v) is 5.47. The van der Waals surface area contributed by atoms with Crippen LogP contribution in [0.15, 0.2) is 12.1 Å². The first-order chi connectivity index (χ1) is 10.3. The molecule has 1 saturated heterocycles. The number of halogens is 4. The van der Waals surface area contributed by atoms with Gasteiger partial charge in [0, 0.05) is 19.1 Å². The molecule has 1 aromatic heterocycles. The number of hydrogen-bond donors (Lipinski definition) is 1. The molecule has 0 aliphatic carbocycles. The molecule has 8 heteroatoms. The highest BCUT2D eigenvalue weighted by molar-refractivity contribution is 5.95. The van der Waals surface area contributed by atoms with Crippen molar-refractivity contribution >= 4 is 18.3 Å². The van der Waals surface area contributed by atoms with Gasteiger partial charge in [-0.2, -0.15) is 13.2 Å². The van der Waals surface area contributed by atoms with E-state index >= 15 is 0 Å². The summed E-state index contributed by atoms with van der Waals surface area (Å²) in [5.41, 5.74) is -0.605. The van der Waals surface area contributed by atoms with Crippen LogP contribution in [-0.2, 0) is 6.18 Å². The van der Waals surface area contributed by atoms with Crippen LogP contribution in [0.2, 0.25) is 0 Å². The van der Waals surface area contributed by atoms with Crippen LogP contribution in [0.1, 0.15) is 41.5 Å². The van der Waals surface area contributed by atoms with Crippen molar-refractivity contribution < 1.29 is 18.0 Å². The number of alkyl halides is 3. The summed E-state index contributed by atoms with van der Waals surface area (Å²) in [6.45, 7) is 5.58. The summed E-state index contributed by atoms with van der Waals surface area (Å²) in [6, 6.07) is 2.20. The fourth-order valence-electron chi connectivity index (χ4n) is 2.70. The molecule has 1 unspecified atom stereocenters. The van der Waals surface area contributed by atoms with Crippen molar-refractivity contribution in [3.05, 3.63) is 29.1 Å². The minimum Gasteiger partial charge on any atom is -0.334 e. The molecule has 0 saturated carbocycles. The van der Waals surface area contributed by atoms with Crippen molar-refractivity contribution in [1.29, 1.82) is 0 Å². The maximum absolute atomic E-state index is 12.7. The van der Waals surface area contributed by atoms with Gasteiger partial charge in [0.05, 0.1) is 11.3 Å². The second-order valence-electron chi connectivity index (χ2n) is 5.47. The van der Waals surface area contributed by atoms with Crippen molar-refractivity contribution in [3.63, 3.8) is 0 Å². The highest BCUT2D eigenvalue weighted by Crippen LogP contribution is 2.28. The summed E-state index contributed by atoms with van der Waals surface area (Å²) >= 11 is 0. The van der Waals surface area contributed by atoms with Crippen molar-refractivity contribution in [2.45, 2.75) is 38.9 Å². The zero-order valence-electron chi connectivity index (χ0n) is 13.1. The minimum atomic E-state index is -4.50. The molecule has 1 N–H and O–H groups in total. The molecular formula is C15H21ClF3N3O. The van der Waals surface area contributed by atoms with Gasteiger partial charge in [-0.15, -0.1) is 12.4 Å². The lowest BCUT2D eigenvalue weighted by Gasteiger charge is -2.28. The Bertz CT molecular complexity index is 545. The molecular weight excluding hydrogens is 331 g/mol. The number of amides is 1. The summed E-state index contributed by atoms with van der Waals surface area (Å²) in [6.07, 6.45) is -2.83. The van der Waals surface area contributed by atoms with Crippen LogP contribution in [-0.4, -0.2) is 41.5 Å². The fourth-order valence-corrected chi connectivity index (χ4v) is 2.70. The number of rotatable bonds is 4. The van der Waals surface area contributed by atoms with Gasteiger partial charge in [-0.3, -0.25) is 4.79 Å². The molecule has 1 aliphatic rings. The molecule has 0 spiro atoms. The van der Waals surface area contributed by atoms with Crippen LogP contribution in [0.25, 0.3) is 0 Å². The molecule has 2 heterocycles. The maximum Gasteiger partial charge on any atom is 0.433 e. The summed E-state index contributed by atoms with van der Waals surface area (Å²) in [5, 5.41) is 3.20. The second kappa shape index (κ2) is 7.97. The van der Waals surface area contributed by atoms with Crippen LogP contribution in [0.4, 0.5) is 13.2 Å². The number of nitrogens with zero attached hydrogens (tertiary/aromatic N) is 2. The van der Waals surface area contributed by atoms with E-state index in [0.29, 0.717) is 6.54 Å². The van der Waals surface area contributed by atoms with Gasteiger partial charge < -0.3 is 10.2 Å². The molecule has 4 nitrogen and oxygen atoms in total. The topological polar surface area (TPSA) is 45.2 Å². The van der Waals surface area contributed by atoms with Crippen LogP contribution in [0, 0.1) is 6.92 Å². The zero-order valence-corrected chi connectivity index (χ0v) is 13.9. The molecule has 2 rings (SSSR count). The number of pyridine rings is 1. The highest BCUT2D eigenvalue weighted by atomic mass is 35.5. The number of carbonyl (C=O) groups is 1. The first-order valence-electron chi connectivity index (χ1n) is 7.41. The van der Waals surface area contributed by atoms with E-state index in [-0.39, 0.29) is 35.6 Å². The monoisotopic (exact) mass is 351 g/mol. The average Bonchev–Trinajstić information content (AvgIpc) is 2.96. The average molecular weight is 352 g/mol. The van der Waals surface area contributed by atoms with Crippen molar-refractivity contribution in [2.24, 2.45) is 0 Å². The molecule has 1 amide bonds. The van der Waals surface area contributed by atoms with Crippen molar-refractivity contribution in [1.82, 2.24) is 15.2 Å². The van der Waals surface area contributed by atoms with Crippen molar-refractivity contribution in [3.8, 4) is 0 Å². The summed E-state index contributed by atoms with van der Waals surface area (Å²) in [5.74, 6) is -0.241. The van der Waals surface area contributed by atoms with Crippen LogP contribution in [0.5, 0.6) is 0 Å². The van der Waals surface area contributed by atoms with E-state index in [9.17, 15) is 18.0 Å². The summed E-state index contributed by atoms with van der Waals surface area (Å²) < 4.78 is 38.0. The standard InChI is InChI=1S/C15H20F3N3O.ClH/c1-3-8-21(11-6-7-19-9-11)14(22)12-4-5-13(15(16,17)18)20-10(12)2;/h4-5,11,19H,3,6-9H2,1-2H3;1H. The number of hydrogen-bond acceptors (Lipinski definition) is 3. The third-order valence-corrected chi connectivity index (χ3v) is 3.81. The molecule has 1 fully saturated rings. The van der Waals surface area contributed by atoms with E-state index < -0.39 is 11.9 Å². The Labute approximate surface area is 139 Å². The Kier molecular flexibility index (Phi) is 6.83. The minimum absolute atomic E-state index is 0. The predicted octanol–water partition coefficient (Wildman–Crippen LogP) is 3.04. The Balaban J connectivity index is 0.00000264. The van der Waals surface area contributed by atoms with E-state index in [1.165, 1.54) is 13.0 Å². The first-order valence-corrected chi connectivity index (χ1v) is 7.41. The Morgan fingerprint density at radius 1 is 1.43 bits per heavy atom. The van der Waals surface area contributed by atoms with Gasteiger partial charge in [0.2, 0.25) is 0 Å². The van der Waals surface area contributed by atoms with E-state index in [1.54, 1.807) is 4.90 Å². The Morgan fingerprint density at radius 2 is 2.13 bits per heavy atom. The number of carbonyl (C=O) groups excluding carboxylic acids is 1. The predicted molar refractivity (Wildman–Crippen MR) is 83.8 cm³/mol. The molecule has 1 atom stereocenters. The van der Waals surface area contributed by atoms with Crippen LogP contribution < -0.4 is 5.32 Å². The van der Waals surface area contributed by atoms with E-state index in [4.69, 9.17) is 0 Å². The van der Waals surface area contributed by atoms with Gasteiger partial charge in [0.25, 0.3) is 5.91 Å². The Hall–Kier alpha value is -1.34. The molecule has 0 bridgehead atoms. The molecule has 23 heavy (non-hydrogen) atoms. The smallest absolute Gasteiger partial charge is 0.334 e. The van der Waals surface area contributed by atoms with Crippen molar-refractivity contribution in [2.75, 3.05) is 19.6 Å². The maximum atomic E-state index is 12.7. The van der Waals surface area contributed by atoms with Crippen LogP contribution in [0.3, 0.4) is 0 Å².